The van der Waals surface area contributed by atoms with Gasteiger partial charge in [-0.05, 0) is 25.5 Å². The molecule has 0 atom stereocenters. The highest BCUT2D eigenvalue weighted by molar-refractivity contribution is 5.19. The molecule has 0 spiro atoms. The average Bonchev–Trinajstić information content (AvgIpc) is 2.61. The minimum absolute atomic E-state index is 0.280. The van der Waals surface area contributed by atoms with Gasteiger partial charge in [0.05, 0.1) is 13.2 Å². The summed E-state index contributed by atoms with van der Waals surface area (Å²) in [6.07, 6.45) is -0.280. The molecular weight excluding hydrogens is 156 g/mol. The molecule has 3 nitrogen and oxygen atoms in total. The molecule has 2 heterocycles. The summed E-state index contributed by atoms with van der Waals surface area (Å²) in [7, 11) is 0. The summed E-state index contributed by atoms with van der Waals surface area (Å²) in [5, 5.41) is 0. The molecule has 1 aromatic rings. The van der Waals surface area contributed by atoms with Crippen molar-refractivity contribution in [3.05, 3.63) is 23.2 Å². The van der Waals surface area contributed by atoms with Crippen molar-refractivity contribution in [2.45, 2.75) is 20.1 Å². The number of furan rings is 1. The smallest absolute Gasteiger partial charge is 0.217 e. The molecule has 0 unspecified atom stereocenters. The maximum absolute atomic E-state index is 5.45. The Hall–Kier alpha value is -0.800. The fourth-order valence-corrected chi connectivity index (χ4v) is 1.24. The lowest BCUT2D eigenvalue weighted by molar-refractivity contribution is -0.0592. The van der Waals surface area contributed by atoms with Gasteiger partial charge >= 0.3 is 0 Å². The summed E-state index contributed by atoms with van der Waals surface area (Å²) in [4.78, 5) is 0. The van der Waals surface area contributed by atoms with Gasteiger partial charge in [-0.2, -0.15) is 0 Å². The van der Waals surface area contributed by atoms with E-state index < -0.39 is 0 Å². The van der Waals surface area contributed by atoms with E-state index in [0.29, 0.717) is 13.2 Å². The highest BCUT2D eigenvalue weighted by atomic mass is 16.7. The van der Waals surface area contributed by atoms with E-state index >= 15 is 0 Å². The van der Waals surface area contributed by atoms with Crippen molar-refractivity contribution >= 4 is 0 Å². The first-order chi connectivity index (χ1) is 5.77. The molecule has 3 heteroatoms. The molecular formula is C9H12O3. The number of hydrogen-bond acceptors (Lipinski definition) is 3. The van der Waals surface area contributed by atoms with Crippen LogP contribution in [-0.4, -0.2) is 13.2 Å². The lowest BCUT2D eigenvalue weighted by Gasteiger charge is -2.03. The fourth-order valence-electron chi connectivity index (χ4n) is 1.24. The van der Waals surface area contributed by atoms with Crippen LogP contribution in [0.15, 0.2) is 10.5 Å². The van der Waals surface area contributed by atoms with Crippen molar-refractivity contribution in [2.24, 2.45) is 0 Å². The van der Waals surface area contributed by atoms with Gasteiger partial charge in [0.15, 0.2) is 5.76 Å². The second kappa shape index (κ2) is 2.92. The third-order valence-electron chi connectivity index (χ3n) is 2.04. The minimum Gasteiger partial charge on any atom is -0.461 e. The van der Waals surface area contributed by atoms with Gasteiger partial charge in [0.25, 0.3) is 0 Å². The lowest BCUT2D eigenvalue weighted by Crippen LogP contribution is -1.94. The maximum Gasteiger partial charge on any atom is 0.217 e. The molecule has 1 aliphatic heterocycles. The molecule has 1 fully saturated rings. The van der Waals surface area contributed by atoms with Crippen LogP contribution in [0, 0.1) is 13.8 Å². The van der Waals surface area contributed by atoms with Crippen molar-refractivity contribution in [3.63, 3.8) is 0 Å². The van der Waals surface area contributed by atoms with Gasteiger partial charge in [0.1, 0.15) is 5.76 Å². The fraction of sp³-hybridized carbons (Fsp3) is 0.556. The van der Waals surface area contributed by atoms with Gasteiger partial charge in [-0.25, -0.2) is 0 Å². The summed E-state index contributed by atoms with van der Waals surface area (Å²) in [5.74, 6) is 1.71. The third-order valence-corrected chi connectivity index (χ3v) is 2.04. The van der Waals surface area contributed by atoms with Gasteiger partial charge in [0.2, 0.25) is 6.29 Å². The Labute approximate surface area is 71.3 Å². The van der Waals surface area contributed by atoms with Crippen molar-refractivity contribution in [1.29, 1.82) is 0 Å². The Balaban J connectivity index is 2.21. The van der Waals surface area contributed by atoms with Crippen LogP contribution >= 0.6 is 0 Å². The van der Waals surface area contributed by atoms with Gasteiger partial charge in [-0.3, -0.25) is 0 Å². The highest BCUT2D eigenvalue weighted by Crippen LogP contribution is 2.26. The number of aryl methyl sites for hydroxylation is 2. The number of rotatable bonds is 1. The molecule has 0 aliphatic carbocycles. The van der Waals surface area contributed by atoms with Crippen LogP contribution in [0.5, 0.6) is 0 Å². The van der Waals surface area contributed by atoms with Crippen molar-refractivity contribution < 1.29 is 13.9 Å². The summed E-state index contributed by atoms with van der Waals surface area (Å²) < 4.78 is 16.0. The molecule has 1 aliphatic rings. The van der Waals surface area contributed by atoms with E-state index in [1.165, 1.54) is 0 Å². The standard InChI is InChI=1S/C9H12O3/c1-6-5-8(12-7(6)2)9-10-3-4-11-9/h5,9H,3-4H2,1-2H3. The van der Waals surface area contributed by atoms with Crippen molar-refractivity contribution in [1.82, 2.24) is 0 Å². The van der Waals surface area contributed by atoms with Crippen LogP contribution in [0.2, 0.25) is 0 Å². The van der Waals surface area contributed by atoms with Crippen LogP contribution in [0.25, 0.3) is 0 Å². The van der Waals surface area contributed by atoms with Crippen molar-refractivity contribution in [3.8, 4) is 0 Å². The maximum atomic E-state index is 5.45. The van der Waals surface area contributed by atoms with Crippen LogP contribution < -0.4 is 0 Å². The van der Waals surface area contributed by atoms with Crippen LogP contribution in [0.3, 0.4) is 0 Å². The molecule has 2 rings (SSSR count). The van der Waals surface area contributed by atoms with Gasteiger partial charge in [0, 0.05) is 0 Å². The molecule has 1 saturated heterocycles. The molecule has 0 N–H and O–H groups in total. The van der Waals surface area contributed by atoms with E-state index in [1.54, 1.807) is 0 Å². The second-order valence-electron chi connectivity index (χ2n) is 2.96. The number of hydrogen-bond donors (Lipinski definition) is 0. The molecule has 0 saturated carbocycles. The van der Waals surface area contributed by atoms with E-state index in [2.05, 4.69) is 0 Å². The van der Waals surface area contributed by atoms with Crippen LogP contribution in [-0.2, 0) is 9.47 Å². The normalized spacial score (nSPS) is 18.8. The van der Waals surface area contributed by atoms with Gasteiger partial charge < -0.3 is 13.9 Å². The first-order valence-corrected chi connectivity index (χ1v) is 4.07. The quantitative estimate of drug-likeness (QED) is 0.642. The molecule has 0 aromatic carbocycles. The Morgan fingerprint density at radius 2 is 1.92 bits per heavy atom. The average molecular weight is 168 g/mol. The zero-order valence-electron chi connectivity index (χ0n) is 7.29. The SMILES string of the molecule is Cc1cc(C2OCCO2)oc1C. The molecule has 1 aromatic heterocycles. The largest absolute Gasteiger partial charge is 0.461 e. The van der Waals surface area contributed by atoms with E-state index in [1.807, 2.05) is 19.9 Å². The van der Waals surface area contributed by atoms with E-state index in [4.69, 9.17) is 13.9 Å². The lowest BCUT2D eigenvalue weighted by atomic mass is 10.3. The third kappa shape index (κ3) is 1.26. The van der Waals surface area contributed by atoms with Crippen molar-refractivity contribution in [2.75, 3.05) is 13.2 Å². The molecule has 0 bridgehead atoms. The highest BCUT2D eigenvalue weighted by Gasteiger charge is 2.22. The number of ether oxygens (including phenoxy) is 2. The first kappa shape index (κ1) is 7.83. The van der Waals surface area contributed by atoms with Gasteiger partial charge in [-0.1, -0.05) is 0 Å². The zero-order chi connectivity index (χ0) is 8.55. The van der Waals surface area contributed by atoms with Crippen LogP contribution in [0.1, 0.15) is 23.4 Å². The van der Waals surface area contributed by atoms with Gasteiger partial charge in [-0.15, -0.1) is 0 Å². The predicted molar refractivity (Wildman–Crippen MR) is 42.8 cm³/mol. The van der Waals surface area contributed by atoms with E-state index in [-0.39, 0.29) is 6.29 Å². The molecule has 66 valence electrons. The topological polar surface area (TPSA) is 31.6 Å². The predicted octanol–water partition coefficient (Wildman–Crippen LogP) is 1.94. The summed E-state index contributed by atoms with van der Waals surface area (Å²) in [6, 6.07) is 1.96. The molecule has 12 heavy (non-hydrogen) atoms. The Morgan fingerprint density at radius 3 is 2.42 bits per heavy atom. The summed E-state index contributed by atoms with van der Waals surface area (Å²) in [5.41, 5.74) is 1.14. The second-order valence-corrected chi connectivity index (χ2v) is 2.96. The molecule has 0 amide bonds. The zero-order valence-corrected chi connectivity index (χ0v) is 7.29. The summed E-state index contributed by atoms with van der Waals surface area (Å²) >= 11 is 0. The summed E-state index contributed by atoms with van der Waals surface area (Å²) in [6.45, 7) is 5.26. The van der Waals surface area contributed by atoms with E-state index in [9.17, 15) is 0 Å². The monoisotopic (exact) mass is 168 g/mol. The Kier molecular flexibility index (Phi) is 1.90. The Morgan fingerprint density at radius 1 is 1.25 bits per heavy atom. The minimum atomic E-state index is -0.280. The first-order valence-electron chi connectivity index (χ1n) is 4.07. The molecule has 0 radical (unpaired) electrons. The van der Waals surface area contributed by atoms with Crippen LogP contribution in [0.4, 0.5) is 0 Å². The Bertz CT molecular complexity index is 252. The van der Waals surface area contributed by atoms with E-state index in [0.717, 1.165) is 17.1 Å².